The van der Waals surface area contributed by atoms with Gasteiger partial charge in [0.2, 0.25) is 0 Å². The summed E-state index contributed by atoms with van der Waals surface area (Å²) in [6.07, 6.45) is 0. The van der Waals surface area contributed by atoms with Crippen molar-refractivity contribution in [2.75, 3.05) is 26.1 Å². The van der Waals surface area contributed by atoms with Crippen LogP contribution in [0.5, 0.6) is 11.5 Å². The summed E-state index contributed by atoms with van der Waals surface area (Å²) in [5.41, 5.74) is 3.72. The van der Waals surface area contributed by atoms with Gasteiger partial charge in [0, 0.05) is 17.6 Å². The zero-order chi connectivity index (χ0) is 14.2. The van der Waals surface area contributed by atoms with Crippen LogP contribution < -0.4 is 14.8 Å². The van der Waals surface area contributed by atoms with Crippen molar-refractivity contribution in [2.24, 2.45) is 0 Å². The molecule has 1 atom stereocenters. The van der Waals surface area contributed by atoms with E-state index in [4.69, 9.17) is 9.47 Å². The quantitative estimate of drug-likeness (QED) is 0.926. The zero-order valence-electron chi connectivity index (χ0n) is 12.1. The van der Waals surface area contributed by atoms with Crippen LogP contribution in [0.4, 0.5) is 5.69 Å². The summed E-state index contributed by atoms with van der Waals surface area (Å²) >= 11 is 0. The summed E-state index contributed by atoms with van der Waals surface area (Å²) in [4.78, 5) is 0. The Morgan fingerprint density at radius 2 is 1.75 bits per heavy atom. The smallest absolute Gasteiger partial charge is 0.161 e. The molecule has 1 aliphatic rings. The minimum Gasteiger partial charge on any atom is -0.493 e. The molecule has 3 heteroatoms. The molecule has 0 spiro atoms. The second-order valence-corrected chi connectivity index (χ2v) is 5.30. The molecule has 1 N–H and O–H groups in total. The van der Waals surface area contributed by atoms with E-state index in [1.54, 1.807) is 14.2 Å². The van der Waals surface area contributed by atoms with Crippen molar-refractivity contribution in [1.29, 1.82) is 0 Å². The van der Waals surface area contributed by atoms with Crippen LogP contribution in [0.25, 0.3) is 0 Å². The number of anilines is 1. The third-order valence-corrected chi connectivity index (χ3v) is 4.17. The maximum atomic E-state index is 5.42. The van der Waals surface area contributed by atoms with Gasteiger partial charge in [0.25, 0.3) is 0 Å². The molecular formula is C17H19NO2. The second-order valence-electron chi connectivity index (χ2n) is 5.30. The molecule has 0 fully saturated rings. The molecule has 0 amide bonds. The summed E-state index contributed by atoms with van der Waals surface area (Å²) < 4.78 is 10.7. The van der Waals surface area contributed by atoms with Gasteiger partial charge in [0.05, 0.1) is 14.2 Å². The van der Waals surface area contributed by atoms with E-state index in [9.17, 15) is 0 Å². The van der Waals surface area contributed by atoms with Crippen molar-refractivity contribution in [2.45, 2.75) is 12.3 Å². The summed E-state index contributed by atoms with van der Waals surface area (Å²) in [6, 6.07) is 14.6. The normalized spacial score (nSPS) is 20.1. The molecule has 1 heterocycles. The summed E-state index contributed by atoms with van der Waals surface area (Å²) in [7, 11) is 3.33. The van der Waals surface area contributed by atoms with Gasteiger partial charge >= 0.3 is 0 Å². The number of rotatable bonds is 3. The first-order valence-electron chi connectivity index (χ1n) is 6.75. The lowest BCUT2D eigenvalue weighted by molar-refractivity contribution is 0.354. The predicted molar refractivity (Wildman–Crippen MR) is 80.9 cm³/mol. The van der Waals surface area contributed by atoms with E-state index in [0.717, 1.165) is 18.0 Å². The molecule has 1 unspecified atom stereocenters. The monoisotopic (exact) mass is 269 g/mol. The lowest BCUT2D eigenvalue weighted by Crippen LogP contribution is -2.25. The third-order valence-electron chi connectivity index (χ3n) is 4.17. The number of hydrogen-bond donors (Lipinski definition) is 1. The summed E-state index contributed by atoms with van der Waals surface area (Å²) in [5.74, 6) is 1.54. The largest absolute Gasteiger partial charge is 0.493 e. The number of hydrogen-bond acceptors (Lipinski definition) is 3. The van der Waals surface area contributed by atoms with Gasteiger partial charge in [-0.2, -0.15) is 0 Å². The Kier molecular flexibility index (Phi) is 3.05. The number of methoxy groups -OCH3 is 2. The number of nitrogens with one attached hydrogen (secondary N) is 1. The fraction of sp³-hybridized carbons (Fsp3) is 0.294. The highest BCUT2D eigenvalue weighted by Gasteiger charge is 2.36. The molecular weight excluding hydrogens is 250 g/mol. The first-order valence-corrected chi connectivity index (χ1v) is 6.75. The maximum absolute atomic E-state index is 5.42. The Balaban J connectivity index is 2.10. The topological polar surface area (TPSA) is 30.5 Å². The van der Waals surface area contributed by atoms with E-state index in [1.807, 2.05) is 6.07 Å². The Hall–Kier alpha value is -2.16. The SMILES string of the molecule is COc1ccc(C2(C)CNc3ccccc32)cc1OC. The molecule has 1 aliphatic heterocycles. The van der Waals surface area contributed by atoms with Crippen LogP contribution >= 0.6 is 0 Å². The average Bonchev–Trinajstić information content (AvgIpc) is 2.85. The van der Waals surface area contributed by atoms with Crippen LogP contribution in [-0.4, -0.2) is 20.8 Å². The Morgan fingerprint density at radius 3 is 2.50 bits per heavy atom. The summed E-state index contributed by atoms with van der Waals surface area (Å²) in [6.45, 7) is 3.15. The van der Waals surface area contributed by atoms with Gasteiger partial charge < -0.3 is 14.8 Å². The number of benzene rings is 2. The van der Waals surface area contributed by atoms with Crippen molar-refractivity contribution < 1.29 is 9.47 Å². The van der Waals surface area contributed by atoms with Crippen molar-refractivity contribution in [3.05, 3.63) is 53.6 Å². The van der Waals surface area contributed by atoms with Crippen LogP contribution in [0.3, 0.4) is 0 Å². The predicted octanol–water partition coefficient (Wildman–Crippen LogP) is 3.44. The van der Waals surface area contributed by atoms with Crippen molar-refractivity contribution in [3.8, 4) is 11.5 Å². The maximum Gasteiger partial charge on any atom is 0.161 e. The van der Waals surface area contributed by atoms with E-state index in [2.05, 4.69) is 48.6 Å². The van der Waals surface area contributed by atoms with Gasteiger partial charge in [-0.3, -0.25) is 0 Å². The van der Waals surface area contributed by atoms with Crippen molar-refractivity contribution in [1.82, 2.24) is 0 Å². The molecule has 0 bridgehead atoms. The molecule has 2 aromatic carbocycles. The van der Waals surface area contributed by atoms with Gasteiger partial charge in [-0.15, -0.1) is 0 Å². The molecule has 0 radical (unpaired) electrons. The molecule has 20 heavy (non-hydrogen) atoms. The van der Waals surface area contributed by atoms with Crippen molar-refractivity contribution >= 4 is 5.69 Å². The van der Waals surface area contributed by atoms with E-state index in [0.29, 0.717) is 0 Å². The minimum absolute atomic E-state index is 0.0455. The highest BCUT2D eigenvalue weighted by molar-refractivity contribution is 5.64. The molecule has 104 valence electrons. The fourth-order valence-corrected chi connectivity index (χ4v) is 2.92. The number of fused-ring (bicyclic) bond motifs is 1. The molecule has 0 saturated carbocycles. The van der Waals surface area contributed by atoms with Gasteiger partial charge in [-0.05, 0) is 36.2 Å². The van der Waals surface area contributed by atoms with Gasteiger partial charge in [0.15, 0.2) is 11.5 Å². The standard InChI is InChI=1S/C17H19NO2/c1-17(11-18-14-7-5-4-6-13(14)17)12-8-9-15(19-2)16(10-12)20-3/h4-10,18H,11H2,1-3H3. The lowest BCUT2D eigenvalue weighted by atomic mass is 9.78. The molecule has 3 nitrogen and oxygen atoms in total. The Labute approximate surface area is 119 Å². The van der Waals surface area contributed by atoms with E-state index in [-0.39, 0.29) is 5.41 Å². The molecule has 0 aromatic heterocycles. The lowest BCUT2D eigenvalue weighted by Gasteiger charge is -2.25. The van der Waals surface area contributed by atoms with E-state index < -0.39 is 0 Å². The van der Waals surface area contributed by atoms with Crippen LogP contribution in [0.15, 0.2) is 42.5 Å². The average molecular weight is 269 g/mol. The second kappa shape index (κ2) is 4.75. The minimum atomic E-state index is -0.0455. The molecule has 0 aliphatic carbocycles. The molecule has 0 saturated heterocycles. The van der Waals surface area contributed by atoms with Crippen LogP contribution in [0, 0.1) is 0 Å². The van der Waals surface area contributed by atoms with Crippen LogP contribution in [0.1, 0.15) is 18.1 Å². The first kappa shape index (κ1) is 12.9. The zero-order valence-corrected chi connectivity index (χ0v) is 12.1. The van der Waals surface area contributed by atoms with Crippen LogP contribution in [-0.2, 0) is 5.41 Å². The van der Waals surface area contributed by atoms with E-state index in [1.165, 1.54) is 16.8 Å². The van der Waals surface area contributed by atoms with E-state index >= 15 is 0 Å². The Morgan fingerprint density at radius 1 is 1.00 bits per heavy atom. The third kappa shape index (κ3) is 1.82. The molecule has 3 rings (SSSR count). The van der Waals surface area contributed by atoms with Crippen molar-refractivity contribution in [3.63, 3.8) is 0 Å². The summed E-state index contributed by atoms with van der Waals surface area (Å²) in [5, 5.41) is 3.48. The first-order chi connectivity index (χ1) is 9.69. The highest BCUT2D eigenvalue weighted by atomic mass is 16.5. The van der Waals surface area contributed by atoms with Gasteiger partial charge in [-0.1, -0.05) is 24.3 Å². The Bertz CT molecular complexity index is 639. The van der Waals surface area contributed by atoms with Gasteiger partial charge in [0.1, 0.15) is 0 Å². The highest BCUT2D eigenvalue weighted by Crippen LogP contribution is 2.43. The number of ether oxygens (including phenoxy) is 2. The van der Waals surface area contributed by atoms with Gasteiger partial charge in [-0.25, -0.2) is 0 Å². The molecule has 2 aromatic rings. The van der Waals surface area contributed by atoms with Crippen LogP contribution in [0.2, 0.25) is 0 Å². The fourth-order valence-electron chi connectivity index (χ4n) is 2.92. The number of para-hydroxylation sites is 1.